The summed E-state index contributed by atoms with van der Waals surface area (Å²) in [4.78, 5) is 0. The molecule has 0 bridgehead atoms. The van der Waals surface area contributed by atoms with E-state index in [9.17, 15) is 0 Å². The zero-order valence-corrected chi connectivity index (χ0v) is 12.6. The summed E-state index contributed by atoms with van der Waals surface area (Å²) in [6.45, 7) is 3.58. The monoisotopic (exact) mass is 323 g/mol. The topological polar surface area (TPSA) is 39.9 Å². The summed E-state index contributed by atoms with van der Waals surface area (Å²) in [5, 5.41) is 9.17. The average Bonchev–Trinajstić information content (AvgIpc) is 2.87. The Kier molecular flexibility index (Phi) is 5.54. The molecule has 0 saturated heterocycles. The Hall–Kier alpha value is -1.20. The molecule has 4 nitrogen and oxygen atoms in total. The molecular formula is C14H18BrN3O. The van der Waals surface area contributed by atoms with Crippen LogP contribution >= 0.6 is 15.9 Å². The van der Waals surface area contributed by atoms with Gasteiger partial charge in [0.1, 0.15) is 11.6 Å². The predicted octanol–water partition coefficient (Wildman–Crippen LogP) is 3.13. The number of ether oxygens (including phenoxy) is 1. The van der Waals surface area contributed by atoms with Crippen LogP contribution in [0.5, 0.6) is 0 Å². The average molecular weight is 324 g/mol. The Bertz CT molecular complexity index is 499. The molecule has 0 spiro atoms. The summed E-state index contributed by atoms with van der Waals surface area (Å²) in [6, 6.07) is 10.2. The second kappa shape index (κ2) is 7.40. The van der Waals surface area contributed by atoms with Crippen molar-refractivity contribution in [2.24, 2.45) is 0 Å². The Morgan fingerprint density at radius 1 is 1.11 bits per heavy atom. The molecule has 0 aliphatic rings. The van der Waals surface area contributed by atoms with Gasteiger partial charge in [0.15, 0.2) is 0 Å². The van der Waals surface area contributed by atoms with E-state index in [0.29, 0.717) is 11.9 Å². The highest BCUT2D eigenvalue weighted by atomic mass is 79.9. The summed E-state index contributed by atoms with van der Waals surface area (Å²) in [5.41, 5.74) is 1.09. The summed E-state index contributed by atoms with van der Waals surface area (Å²) in [5.74, 6) is 1.86. The van der Waals surface area contributed by atoms with Gasteiger partial charge in [-0.2, -0.15) is 0 Å². The first-order valence-electron chi connectivity index (χ1n) is 6.49. The van der Waals surface area contributed by atoms with Crippen molar-refractivity contribution < 1.29 is 4.74 Å². The lowest BCUT2D eigenvalue weighted by Crippen LogP contribution is -2.08. The van der Waals surface area contributed by atoms with Crippen LogP contribution < -0.4 is 0 Å². The van der Waals surface area contributed by atoms with Crippen molar-refractivity contribution in [1.82, 2.24) is 14.8 Å². The number of rotatable bonds is 7. The summed E-state index contributed by atoms with van der Waals surface area (Å²) >= 11 is 3.46. The molecule has 19 heavy (non-hydrogen) atoms. The van der Waals surface area contributed by atoms with Crippen LogP contribution in [0.15, 0.2) is 30.3 Å². The van der Waals surface area contributed by atoms with Crippen molar-refractivity contribution in [3.63, 3.8) is 0 Å². The second-order valence-corrected chi connectivity index (χ2v) is 4.76. The van der Waals surface area contributed by atoms with Gasteiger partial charge < -0.3 is 4.74 Å². The molecule has 0 saturated carbocycles. The van der Waals surface area contributed by atoms with Crippen molar-refractivity contribution in [3.05, 3.63) is 42.0 Å². The number of benzene rings is 1. The van der Waals surface area contributed by atoms with Crippen molar-refractivity contribution in [2.75, 3.05) is 13.2 Å². The predicted molar refractivity (Wildman–Crippen MR) is 78.8 cm³/mol. The van der Waals surface area contributed by atoms with Crippen LogP contribution in [0, 0.1) is 0 Å². The van der Waals surface area contributed by atoms with Gasteiger partial charge in [0.25, 0.3) is 0 Å². The van der Waals surface area contributed by atoms with Crippen LogP contribution in [0.4, 0.5) is 0 Å². The molecule has 0 amide bonds. The minimum atomic E-state index is 0.682. The molecular weight excluding hydrogens is 306 g/mol. The fraction of sp³-hybridized carbons (Fsp3) is 0.429. The van der Waals surface area contributed by atoms with Gasteiger partial charge in [-0.15, -0.1) is 10.2 Å². The van der Waals surface area contributed by atoms with Crippen molar-refractivity contribution in [2.45, 2.75) is 25.1 Å². The van der Waals surface area contributed by atoms with E-state index in [4.69, 9.17) is 4.74 Å². The normalized spacial score (nSPS) is 10.8. The third-order valence-corrected chi connectivity index (χ3v) is 3.25. The van der Waals surface area contributed by atoms with Crippen LogP contribution in [0.25, 0.3) is 5.69 Å². The molecule has 0 N–H and O–H groups in total. The molecule has 0 fully saturated rings. The Labute approximate surface area is 121 Å². The van der Waals surface area contributed by atoms with Gasteiger partial charge in [-0.25, -0.2) is 0 Å². The van der Waals surface area contributed by atoms with Crippen LogP contribution in [-0.4, -0.2) is 28.0 Å². The molecule has 1 heterocycles. The number of aromatic nitrogens is 3. The van der Waals surface area contributed by atoms with E-state index in [-0.39, 0.29) is 0 Å². The largest absolute Gasteiger partial charge is 0.381 e. The molecule has 2 rings (SSSR count). The molecule has 0 unspecified atom stereocenters. The first-order chi connectivity index (χ1) is 9.36. The van der Waals surface area contributed by atoms with Crippen LogP contribution in [-0.2, 0) is 16.5 Å². The quantitative estimate of drug-likeness (QED) is 0.580. The van der Waals surface area contributed by atoms with Gasteiger partial charge in [-0.05, 0) is 18.6 Å². The van der Waals surface area contributed by atoms with Gasteiger partial charge in [0, 0.05) is 18.7 Å². The molecule has 0 aliphatic carbocycles. The molecule has 1 aromatic carbocycles. The summed E-state index contributed by atoms with van der Waals surface area (Å²) in [7, 11) is 0. The van der Waals surface area contributed by atoms with Crippen LogP contribution in [0.3, 0.4) is 0 Å². The SMILES string of the molecule is CCCOCCc1nnc(CBr)n1-c1ccccc1. The molecule has 0 radical (unpaired) electrons. The fourth-order valence-corrected chi connectivity index (χ4v) is 2.25. The fourth-order valence-electron chi connectivity index (χ4n) is 1.89. The number of para-hydroxylation sites is 1. The van der Waals surface area contributed by atoms with Gasteiger partial charge in [0.2, 0.25) is 0 Å². The molecule has 0 atom stereocenters. The number of hydrogen-bond donors (Lipinski definition) is 0. The lowest BCUT2D eigenvalue weighted by molar-refractivity contribution is 0.136. The van der Waals surface area contributed by atoms with Crippen LogP contribution in [0.2, 0.25) is 0 Å². The van der Waals surface area contributed by atoms with Crippen molar-refractivity contribution in [1.29, 1.82) is 0 Å². The minimum absolute atomic E-state index is 0.682. The maximum atomic E-state index is 5.53. The Morgan fingerprint density at radius 2 is 1.84 bits per heavy atom. The van der Waals surface area contributed by atoms with Gasteiger partial charge >= 0.3 is 0 Å². The number of halogens is 1. The van der Waals surface area contributed by atoms with E-state index in [0.717, 1.165) is 36.8 Å². The Morgan fingerprint density at radius 3 is 2.53 bits per heavy atom. The van der Waals surface area contributed by atoms with Crippen molar-refractivity contribution >= 4 is 15.9 Å². The highest BCUT2D eigenvalue weighted by Crippen LogP contribution is 2.15. The van der Waals surface area contributed by atoms with Gasteiger partial charge in [0.05, 0.1) is 11.9 Å². The van der Waals surface area contributed by atoms with Crippen molar-refractivity contribution in [3.8, 4) is 5.69 Å². The maximum absolute atomic E-state index is 5.53. The zero-order valence-electron chi connectivity index (χ0n) is 11.1. The molecule has 1 aromatic heterocycles. The number of hydrogen-bond acceptors (Lipinski definition) is 3. The first kappa shape index (κ1) is 14.2. The lowest BCUT2D eigenvalue weighted by Gasteiger charge is -2.09. The Balaban J connectivity index is 2.18. The second-order valence-electron chi connectivity index (χ2n) is 4.20. The lowest BCUT2D eigenvalue weighted by atomic mass is 10.3. The van der Waals surface area contributed by atoms with Crippen LogP contribution in [0.1, 0.15) is 25.0 Å². The molecule has 5 heteroatoms. The van der Waals surface area contributed by atoms with E-state index in [1.54, 1.807) is 0 Å². The smallest absolute Gasteiger partial charge is 0.148 e. The minimum Gasteiger partial charge on any atom is -0.381 e. The van der Waals surface area contributed by atoms with Gasteiger partial charge in [-0.1, -0.05) is 41.1 Å². The maximum Gasteiger partial charge on any atom is 0.148 e. The molecule has 2 aromatic rings. The van der Waals surface area contributed by atoms with Gasteiger partial charge in [-0.3, -0.25) is 4.57 Å². The van der Waals surface area contributed by atoms with E-state index < -0.39 is 0 Å². The van der Waals surface area contributed by atoms with E-state index >= 15 is 0 Å². The van der Waals surface area contributed by atoms with E-state index in [1.165, 1.54) is 0 Å². The molecule has 0 aliphatic heterocycles. The highest BCUT2D eigenvalue weighted by Gasteiger charge is 2.12. The third kappa shape index (κ3) is 3.64. The van der Waals surface area contributed by atoms with E-state index in [2.05, 4.69) is 49.8 Å². The zero-order chi connectivity index (χ0) is 13.5. The standard InChI is InChI=1S/C14H18BrN3O/c1-2-9-19-10-8-13-16-17-14(11-15)18(13)12-6-4-3-5-7-12/h3-7H,2,8-11H2,1H3. The van der Waals surface area contributed by atoms with E-state index in [1.807, 2.05) is 18.2 Å². The molecule has 102 valence electrons. The first-order valence-corrected chi connectivity index (χ1v) is 7.61. The number of nitrogens with zero attached hydrogens (tertiary/aromatic N) is 3. The number of alkyl halides is 1. The summed E-state index contributed by atoms with van der Waals surface area (Å²) in [6.07, 6.45) is 1.81. The third-order valence-electron chi connectivity index (χ3n) is 2.75. The summed E-state index contributed by atoms with van der Waals surface area (Å²) < 4.78 is 7.62. The highest BCUT2D eigenvalue weighted by molar-refractivity contribution is 9.08.